The summed E-state index contributed by atoms with van der Waals surface area (Å²) in [7, 11) is 0. The van der Waals surface area contributed by atoms with Crippen LogP contribution in [0.1, 0.15) is 15.9 Å². The Morgan fingerprint density at radius 1 is 1.18 bits per heavy atom. The van der Waals surface area contributed by atoms with Crippen LogP contribution in [0.15, 0.2) is 59.6 Å². The van der Waals surface area contributed by atoms with E-state index < -0.39 is 0 Å². The van der Waals surface area contributed by atoms with Crippen LogP contribution in [0.4, 0.5) is 5.69 Å². The number of rotatable bonds is 4. The van der Waals surface area contributed by atoms with Gasteiger partial charge >= 0.3 is 0 Å². The maximum Gasteiger partial charge on any atom is 0.182 e. The number of benzene rings is 2. The molecule has 112 valence electrons. The van der Waals surface area contributed by atoms with Crippen LogP contribution in [-0.2, 0) is 0 Å². The SMILES string of the molecule is Cc1cccc(N(CC(=O)c2ccccc2)C2=NCCS2)c1. The number of anilines is 1. The van der Waals surface area contributed by atoms with Gasteiger partial charge in [0, 0.05) is 17.0 Å². The molecule has 0 atom stereocenters. The second kappa shape index (κ2) is 6.79. The molecule has 3 nitrogen and oxygen atoms in total. The van der Waals surface area contributed by atoms with Gasteiger partial charge in [-0.15, -0.1) is 0 Å². The molecule has 2 aromatic carbocycles. The number of amidine groups is 1. The van der Waals surface area contributed by atoms with E-state index in [1.54, 1.807) is 11.8 Å². The molecule has 0 bridgehead atoms. The maximum absolute atomic E-state index is 12.6. The molecule has 1 aliphatic heterocycles. The molecule has 0 amide bonds. The first kappa shape index (κ1) is 14.9. The number of Topliss-reactive ketones (excluding diaryl/α,β-unsaturated/α-hetero) is 1. The van der Waals surface area contributed by atoms with Crippen LogP contribution < -0.4 is 4.90 Å². The van der Waals surface area contributed by atoms with E-state index in [2.05, 4.69) is 24.0 Å². The van der Waals surface area contributed by atoms with Gasteiger partial charge < -0.3 is 4.90 Å². The number of hydrogen-bond donors (Lipinski definition) is 0. The Morgan fingerprint density at radius 3 is 2.68 bits per heavy atom. The highest BCUT2D eigenvalue weighted by atomic mass is 32.2. The summed E-state index contributed by atoms with van der Waals surface area (Å²) in [4.78, 5) is 19.1. The predicted molar refractivity (Wildman–Crippen MR) is 94.1 cm³/mol. The lowest BCUT2D eigenvalue weighted by atomic mass is 10.1. The van der Waals surface area contributed by atoms with Crippen LogP contribution in [0.5, 0.6) is 0 Å². The molecule has 1 aliphatic rings. The summed E-state index contributed by atoms with van der Waals surface area (Å²) in [5.41, 5.74) is 2.94. The lowest BCUT2D eigenvalue weighted by Gasteiger charge is -2.23. The van der Waals surface area contributed by atoms with Crippen molar-refractivity contribution in [2.45, 2.75) is 6.92 Å². The van der Waals surface area contributed by atoms with Gasteiger partial charge in [-0.3, -0.25) is 9.79 Å². The largest absolute Gasteiger partial charge is 0.313 e. The minimum absolute atomic E-state index is 0.109. The highest BCUT2D eigenvalue weighted by molar-refractivity contribution is 8.14. The molecule has 0 saturated carbocycles. The number of aliphatic imine (C=N–C) groups is 1. The van der Waals surface area contributed by atoms with Crippen LogP contribution >= 0.6 is 11.8 Å². The lowest BCUT2D eigenvalue weighted by molar-refractivity contribution is 0.100. The zero-order valence-corrected chi connectivity index (χ0v) is 13.3. The Kier molecular flexibility index (Phi) is 4.59. The van der Waals surface area contributed by atoms with E-state index in [0.717, 1.165) is 28.7 Å². The van der Waals surface area contributed by atoms with E-state index in [1.807, 2.05) is 47.4 Å². The minimum Gasteiger partial charge on any atom is -0.313 e. The normalized spacial score (nSPS) is 13.8. The van der Waals surface area contributed by atoms with Crippen LogP contribution in [0.2, 0.25) is 0 Å². The summed E-state index contributed by atoms with van der Waals surface area (Å²) in [5.74, 6) is 1.09. The Morgan fingerprint density at radius 2 is 2.00 bits per heavy atom. The van der Waals surface area contributed by atoms with Gasteiger partial charge in [-0.2, -0.15) is 0 Å². The summed E-state index contributed by atoms with van der Waals surface area (Å²) in [6, 6.07) is 17.6. The third kappa shape index (κ3) is 3.39. The molecule has 0 fully saturated rings. The van der Waals surface area contributed by atoms with Crippen molar-refractivity contribution in [2.24, 2.45) is 4.99 Å². The number of ketones is 1. The summed E-state index contributed by atoms with van der Waals surface area (Å²) >= 11 is 1.71. The minimum atomic E-state index is 0.109. The van der Waals surface area contributed by atoms with Crippen molar-refractivity contribution in [3.63, 3.8) is 0 Å². The van der Waals surface area contributed by atoms with Crippen molar-refractivity contribution in [3.05, 3.63) is 65.7 Å². The first-order chi connectivity index (χ1) is 10.7. The van der Waals surface area contributed by atoms with Crippen LogP contribution in [0, 0.1) is 6.92 Å². The lowest BCUT2D eigenvalue weighted by Crippen LogP contribution is -2.33. The van der Waals surface area contributed by atoms with Gasteiger partial charge in [-0.1, -0.05) is 54.2 Å². The number of hydrogen-bond acceptors (Lipinski definition) is 4. The fourth-order valence-corrected chi connectivity index (χ4v) is 3.28. The summed E-state index contributed by atoms with van der Waals surface area (Å²) < 4.78 is 0. The summed E-state index contributed by atoms with van der Waals surface area (Å²) in [5, 5.41) is 0.940. The number of nitrogens with zero attached hydrogens (tertiary/aromatic N) is 2. The number of carbonyl (C=O) groups excluding carboxylic acids is 1. The Balaban J connectivity index is 1.88. The zero-order valence-electron chi connectivity index (χ0n) is 12.5. The van der Waals surface area contributed by atoms with E-state index in [9.17, 15) is 4.79 Å². The summed E-state index contributed by atoms with van der Waals surface area (Å²) in [6.07, 6.45) is 0. The Hall–Kier alpha value is -2.07. The molecular weight excluding hydrogens is 292 g/mol. The average molecular weight is 310 g/mol. The smallest absolute Gasteiger partial charge is 0.182 e. The molecule has 0 spiro atoms. The van der Waals surface area contributed by atoms with Gasteiger partial charge in [0.25, 0.3) is 0 Å². The standard InChI is InChI=1S/C18H18N2OS/c1-14-6-5-9-16(12-14)20(18-19-10-11-22-18)13-17(21)15-7-3-2-4-8-15/h2-9,12H,10-11,13H2,1H3. The molecule has 0 radical (unpaired) electrons. The molecule has 2 aromatic rings. The van der Waals surface area contributed by atoms with E-state index >= 15 is 0 Å². The van der Waals surface area contributed by atoms with Gasteiger partial charge in [-0.05, 0) is 24.6 Å². The van der Waals surface area contributed by atoms with Crippen LogP contribution in [0.3, 0.4) is 0 Å². The number of thioether (sulfide) groups is 1. The molecule has 4 heteroatoms. The molecule has 0 N–H and O–H groups in total. The molecule has 0 aromatic heterocycles. The van der Waals surface area contributed by atoms with Crippen molar-refractivity contribution < 1.29 is 4.79 Å². The third-order valence-corrected chi connectivity index (χ3v) is 4.51. The molecule has 0 aliphatic carbocycles. The fraction of sp³-hybridized carbons (Fsp3) is 0.222. The molecule has 0 saturated heterocycles. The zero-order chi connectivity index (χ0) is 15.4. The maximum atomic E-state index is 12.6. The first-order valence-electron chi connectivity index (χ1n) is 7.34. The van der Waals surface area contributed by atoms with Crippen molar-refractivity contribution in [1.29, 1.82) is 0 Å². The van der Waals surface area contributed by atoms with Gasteiger partial charge in [0.2, 0.25) is 0 Å². The quantitative estimate of drug-likeness (QED) is 0.806. The van der Waals surface area contributed by atoms with Crippen LogP contribution in [-0.4, -0.2) is 29.8 Å². The predicted octanol–water partition coefficient (Wildman–Crippen LogP) is 3.79. The number of carbonyl (C=O) groups is 1. The highest BCUT2D eigenvalue weighted by Crippen LogP contribution is 2.24. The molecule has 1 heterocycles. The second-order valence-electron chi connectivity index (χ2n) is 5.23. The number of aryl methyl sites for hydroxylation is 1. The van der Waals surface area contributed by atoms with Crippen LogP contribution in [0.25, 0.3) is 0 Å². The van der Waals surface area contributed by atoms with E-state index in [-0.39, 0.29) is 5.78 Å². The van der Waals surface area contributed by atoms with Crippen molar-refractivity contribution in [1.82, 2.24) is 0 Å². The molecular formula is C18H18N2OS. The second-order valence-corrected chi connectivity index (χ2v) is 6.29. The monoisotopic (exact) mass is 310 g/mol. The van der Waals surface area contributed by atoms with Gasteiger partial charge in [0.05, 0.1) is 13.1 Å². The van der Waals surface area contributed by atoms with E-state index in [1.165, 1.54) is 5.56 Å². The summed E-state index contributed by atoms with van der Waals surface area (Å²) in [6.45, 7) is 3.20. The Bertz CT molecular complexity index is 697. The Labute approximate surface area is 135 Å². The van der Waals surface area contributed by atoms with Crippen molar-refractivity contribution >= 4 is 28.4 Å². The molecule has 3 rings (SSSR count). The first-order valence-corrected chi connectivity index (χ1v) is 8.32. The fourth-order valence-electron chi connectivity index (χ4n) is 2.41. The average Bonchev–Trinajstić information content (AvgIpc) is 3.07. The van der Waals surface area contributed by atoms with Gasteiger partial charge in [0.15, 0.2) is 11.0 Å². The van der Waals surface area contributed by atoms with Crippen molar-refractivity contribution in [3.8, 4) is 0 Å². The van der Waals surface area contributed by atoms with E-state index in [0.29, 0.717) is 6.54 Å². The van der Waals surface area contributed by atoms with E-state index in [4.69, 9.17) is 0 Å². The van der Waals surface area contributed by atoms with Gasteiger partial charge in [0.1, 0.15) is 0 Å². The third-order valence-electron chi connectivity index (χ3n) is 3.51. The molecule has 22 heavy (non-hydrogen) atoms. The van der Waals surface area contributed by atoms with Gasteiger partial charge in [-0.25, -0.2) is 0 Å². The van der Waals surface area contributed by atoms with Crippen molar-refractivity contribution in [2.75, 3.05) is 23.7 Å². The molecule has 0 unspecified atom stereocenters. The topological polar surface area (TPSA) is 32.7 Å². The highest BCUT2D eigenvalue weighted by Gasteiger charge is 2.21.